The monoisotopic (exact) mass is 341 g/mol. The van der Waals surface area contributed by atoms with Gasteiger partial charge in [-0.15, -0.1) is 0 Å². The van der Waals surface area contributed by atoms with Crippen molar-refractivity contribution >= 4 is 5.91 Å². The van der Waals surface area contributed by atoms with E-state index < -0.39 is 6.10 Å². The van der Waals surface area contributed by atoms with Gasteiger partial charge >= 0.3 is 0 Å². The number of nitrogens with zero attached hydrogens (tertiary/aromatic N) is 3. The van der Waals surface area contributed by atoms with Crippen LogP contribution in [0.3, 0.4) is 0 Å². The number of aliphatic hydroxyl groups excluding tert-OH is 1. The van der Waals surface area contributed by atoms with Gasteiger partial charge in [0.05, 0.1) is 13.2 Å². The molecule has 25 heavy (non-hydrogen) atoms. The van der Waals surface area contributed by atoms with Crippen LogP contribution in [0.5, 0.6) is 5.88 Å². The Morgan fingerprint density at radius 1 is 1.16 bits per heavy atom. The summed E-state index contributed by atoms with van der Waals surface area (Å²) in [4.78, 5) is 20.7. The molecule has 3 rings (SSSR count). The van der Waals surface area contributed by atoms with Gasteiger partial charge in [0.1, 0.15) is 5.56 Å². The number of rotatable bonds is 5. The van der Waals surface area contributed by atoms with E-state index in [0.29, 0.717) is 31.1 Å². The van der Waals surface area contributed by atoms with Gasteiger partial charge in [0.25, 0.3) is 5.91 Å². The molecule has 2 heterocycles. The van der Waals surface area contributed by atoms with Gasteiger partial charge in [0, 0.05) is 38.9 Å². The van der Waals surface area contributed by atoms with E-state index in [-0.39, 0.29) is 5.91 Å². The van der Waals surface area contributed by atoms with Crippen LogP contribution in [0.2, 0.25) is 0 Å². The van der Waals surface area contributed by atoms with Crippen LogP contribution in [0.25, 0.3) is 0 Å². The summed E-state index contributed by atoms with van der Waals surface area (Å²) in [5.74, 6) is 0.294. The van der Waals surface area contributed by atoms with E-state index in [1.807, 2.05) is 35.2 Å². The molecule has 6 heteroatoms. The van der Waals surface area contributed by atoms with Gasteiger partial charge in [-0.1, -0.05) is 30.3 Å². The zero-order chi connectivity index (χ0) is 17.6. The second-order valence-corrected chi connectivity index (χ2v) is 6.08. The normalized spacial score (nSPS) is 16.5. The van der Waals surface area contributed by atoms with Gasteiger partial charge in [-0.25, -0.2) is 4.98 Å². The maximum Gasteiger partial charge on any atom is 0.259 e. The highest BCUT2D eigenvalue weighted by Gasteiger charge is 2.25. The molecule has 1 saturated heterocycles. The van der Waals surface area contributed by atoms with E-state index in [2.05, 4.69) is 9.88 Å². The van der Waals surface area contributed by atoms with Crippen LogP contribution in [0, 0.1) is 0 Å². The summed E-state index contributed by atoms with van der Waals surface area (Å²) in [6, 6.07) is 13.1. The number of aromatic nitrogens is 1. The third kappa shape index (κ3) is 4.15. The number of β-amino-alcohol motifs (C(OH)–C–C–N with tert-alkyl or cyclic N) is 1. The molecule has 0 saturated carbocycles. The first-order valence-corrected chi connectivity index (χ1v) is 8.42. The van der Waals surface area contributed by atoms with Crippen molar-refractivity contribution in [2.75, 3.05) is 39.8 Å². The SMILES string of the molecule is COc1ncccc1C(=O)N1CCN(CC(O)c2ccccc2)CC1. The van der Waals surface area contributed by atoms with Crippen LogP contribution in [0.1, 0.15) is 22.0 Å². The Morgan fingerprint density at radius 3 is 2.56 bits per heavy atom. The number of aliphatic hydroxyl groups is 1. The molecule has 0 bridgehead atoms. The number of amides is 1. The van der Waals surface area contributed by atoms with Gasteiger partial charge < -0.3 is 14.7 Å². The van der Waals surface area contributed by atoms with Crippen LogP contribution in [-0.2, 0) is 0 Å². The molecule has 1 fully saturated rings. The predicted molar refractivity (Wildman–Crippen MR) is 94.5 cm³/mol. The molecule has 1 aliphatic heterocycles. The number of carbonyl (C=O) groups is 1. The van der Waals surface area contributed by atoms with Gasteiger partial charge in [-0.05, 0) is 17.7 Å². The number of pyridine rings is 1. The zero-order valence-corrected chi connectivity index (χ0v) is 14.3. The lowest BCUT2D eigenvalue weighted by Crippen LogP contribution is -2.49. The first-order chi connectivity index (χ1) is 12.2. The summed E-state index contributed by atoms with van der Waals surface area (Å²) >= 11 is 0. The number of carbonyl (C=O) groups excluding carboxylic acids is 1. The molecule has 1 N–H and O–H groups in total. The number of benzene rings is 1. The highest BCUT2D eigenvalue weighted by atomic mass is 16.5. The van der Waals surface area contributed by atoms with E-state index in [4.69, 9.17) is 4.74 Å². The summed E-state index contributed by atoms with van der Waals surface area (Å²) in [5, 5.41) is 10.3. The third-order valence-electron chi connectivity index (χ3n) is 4.47. The molecule has 1 aliphatic rings. The number of hydrogen-bond acceptors (Lipinski definition) is 5. The Kier molecular flexibility index (Phi) is 5.63. The molecule has 0 aliphatic carbocycles. The second kappa shape index (κ2) is 8.09. The molecule has 1 aromatic carbocycles. The minimum atomic E-state index is -0.512. The van der Waals surface area contributed by atoms with Crippen LogP contribution >= 0.6 is 0 Å². The Morgan fingerprint density at radius 2 is 1.88 bits per heavy atom. The van der Waals surface area contributed by atoms with Crippen molar-refractivity contribution in [3.8, 4) is 5.88 Å². The summed E-state index contributed by atoms with van der Waals surface area (Å²) in [7, 11) is 1.52. The topological polar surface area (TPSA) is 65.9 Å². The maximum atomic E-state index is 12.7. The van der Waals surface area contributed by atoms with E-state index in [0.717, 1.165) is 18.7 Å². The molecule has 0 spiro atoms. The zero-order valence-electron chi connectivity index (χ0n) is 14.3. The molecule has 1 aromatic heterocycles. The molecular weight excluding hydrogens is 318 g/mol. The number of ether oxygens (including phenoxy) is 1. The largest absolute Gasteiger partial charge is 0.480 e. The van der Waals surface area contributed by atoms with Gasteiger partial charge in [-0.3, -0.25) is 9.69 Å². The lowest BCUT2D eigenvalue weighted by molar-refractivity contribution is 0.0524. The minimum absolute atomic E-state index is 0.0618. The fourth-order valence-electron chi connectivity index (χ4n) is 3.05. The summed E-state index contributed by atoms with van der Waals surface area (Å²) < 4.78 is 5.18. The van der Waals surface area contributed by atoms with Crippen molar-refractivity contribution in [2.24, 2.45) is 0 Å². The van der Waals surface area contributed by atoms with E-state index in [9.17, 15) is 9.90 Å². The number of methoxy groups -OCH3 is 1. The van der Waals surface area contributed by atoms with Crippen LogP contribution in [0.15, 0.2) is 48.7 Å². The molecule has 1 unspecified atom stereocenters. The third-order valence-corrected chi connectivity index (χ3v) is 4.47. The maximum absolute atomic E-state index is 12.7. The second-order valence-electron chi connectivity index (χ2n) is 6.08. The molecule has 0 radical (unpaired) electrons. The standard InChI is InChI=1S/C19H23N3O3/c1-25-18-16(8-5-9-20-18)19(24)22-12-10-21(11-13-22)14-17(23)15-6-3-2-4-7-15/h2-9,17,23H,10-14H2,1H3. The Bertz CT molecular complexity index is 700. The van der Waals surface area contributed by atoms with Crippen LogP contribution in [0.4, 0.5) is 0 Å². The average Bonchev–Trinajstić information content (AvgIpc) is 2.68. The van der Waals surface area contributed by atoms with Crippen molar-refractivity contribution in [1.29, 1.82) is 0 Å². The van der Waals surface area contributed by atoms with Crippen molar-refractivity contribution in [3.05, 3.63) is 59.8 Å². The highest BCUT2D eigenvalue weighted by Crippen LogP contribution is 2.19. The quantitative estimate of drug-likeness (QED) is 0.894. The van der Waals surface area contributed by atoms with Crippen LogP contribution < -0.4 is 4.74 Å². The molecule has 132 valence electrons. The summed E-state index contributed by atoms with van der Waals surface area (Å²) in [5.41, 5.74) is 1.41. The minimum Gasteiger partial charge on any atom is -0.480 e. The van der Waals surface area contributed by atoms with Crippen molar-refractivity contribution < 1.29 is 14.6 Å². The number of piperazine rings is 1. The molecule has 2 aromatic rings. The van der Waals surface area contributed by atoms with Gasteiger partial charge in [0.15, 0.2) is 0 Å². The Labute approximate surface area is 147 Å². The van der Waals surface area contributed by atoms with E-state index in [1.165, 1.54) is 7.11 Å². The molecule has 1 amide bonds. The number of hydrogen-bond donors (Lipinski definition) is 1. The highest BCUT2D eigenvalue weighted by molar-refractivity contribution is 5.96. The fourth-order valence-corrected chi connectivity index (χ4v) is 3.05. The predicted octanol–water partition coefficient (Wildman–Crippen LogP) is 1.58. The lowest BCUT2D eigenvalue weighted by Gasteiger charge is -2.35. The van der Waals surface area contributed by atoms with Crippen LogP contribution in [-0.4, -0.2) is 65.6 Å². The lowest BCUT2D eigenvalue weighted by atomic mass is 10.1. The van der Waals surface area contributed by atoms with Gasteiger partial charge in [0.2, 0.25) is 5.88 Å². The molecule has 1 atom stereocenters. The first-order valence-electron chi connectivity index (χ1n) is 8.42. The van der Waals surface area contributed by atoms with E-state index in [1.54, 1.807) is 18.3 Å². The smallest absolute Gasteiger partial charge is 0.259 e. The summed E-state index contributed by atoms with van der Waals surface area (Å²) in [6.45, 7) is 3.29. The van der Waals surface area contributed by atoms with Crippen molar-refractivity contribution in [2.45, 2.75) is 6.10 Å². The van der Waals surface area contributed by atoms with Crippen molar-refractivity contribution in [1.82, 2.24) is 14.8 Å². The first kappa shape index (κ1) is 17.4. The Hall–Kier alpha value is -2.44. The summed E-state index contributed by atoms with van der Waals surface area (Å²) in [6.07, 6.45) is 1.10. The van der Waals surface area contributed by atoms with Crippen molar-refractivity contribution in [3.63, 3.8) is 0 Å². The van der Waals surface area contributed by atoms with Gasteiger partial charge in [-0.2, -0.15) is 0 Å². The average molecular weight is 341 g/mol. The Balaban J connectivity index is 1.56. The molecule has 6 nitrogen and oxygen atoms in total. The fraction of sp³-hybridized carbons (Fsp3) is 0.368. The van der Waals surface area contributed by atoms with E-state index >= 15 is 0 Å². The molecular formula is C19H23N3O3.